The van der Waals surface area contributed by atoms with Crippen molar-refractivity contribution >= 4 is 33.8 Å². The summed E-state index contributed by atoms with van der Waals surface area (Å²) >= 11 is 0. The summed E-state index contributed by atoms with van der Waals surface area (Å²) in [4.78, 5) is 59.0. The van der Waals surface area contributed by atoms with Gasteiger partial charge in [-0.15, -0.1) is 0 Å². The van der Waals surface area contributed by atoms with Gasteiger partial charge in [-0.3, -0.25) is 24.0 Å². The number of hydrogen-bond donors (Lipinski definition) is 3. The average Bonchev–Trinajstić information content (AvgIpc) is 4.03. The number of alkyl carbamates (subject to hydrolysis) is 1. The SMILES string of the molecule is CC(C)(C)OC(=O)N[C@H]1CCCCC/C=C/C2C[C@]2(C(=O)NS(=O)(=O)C2CC2)NC(=O)[C@@H]2CN(Cc3ccc(-c4ccccc4)cc3)CCN2C1=O. The lowest BCUT2D eigenvalue weighted by Gasteiger charge is -2.42. The van der Waals surface area contributed by atoms with Crippen molar-refractivity contribution in [3.63, 3.8) is 0 Å². The van der Waals surface area contributed by atoms with Crippen LogP contribution in [0.3, 0.4) is 0 Å². The second-order valence-electron chi connectivity index (χ2n) is 15.6. The topological polar surface area (TPSA) is 154 Å². The summed E-state index contributed by atoms with van der Waals surface area (Å²) in [6.45, 7) is 6.64. The Balaban J connectivity index is 1.26. The van der Waals surface area contributed by atoms with E-state index in [0.717, 1.165) is 36.0 Å². The van der Waals surface area contributed by atoms with E-state index in [1.807, 2.05) is 30.4 Å². The van der Waals surface area contributed by atoms with Gasteiger partial charge >= 0.3 is 6.09 Å². The smallest absolute Gasteiger partial charge is 0.408 e. The van der Waals surface area contributed by atoms with Crippen LogP contribution in [-0.4, -0.2) is 90.1 Å². The zero-order valence-corrected chi connectivity index (χ0v) is 31.1. The molecule has 2 aliphatic carbocycles. The van der Waals surface area contributed by atoms with Crippen LogP contribution in [-0.2, 0) is 35.7 Å². The molecule has 4 amide bonds. The third-order valence-electron chi connectivity index (χ3n) is 10.2. The second-order valence-corrected chi connectivity index (χ2v) is 17.5. The van der Waals surface area contributed by atoms with Crippen molar-refractivity contribution in [2.45, 2.75) is 107 Å². The lowest BCUT2D eigenvalue weighted by Crippen LogP contribution is -2.65. The minimum atomic E-state index is -3.86. The number of rotatable bonds is 7. The predicted octanol–water partition coefficient (Wildman–Crippen LogP) is 4.26. The van der Waals surface area contributed by atoms with Crippen LogP contribution in [0, 0.1) is 5.92 Å². The number of amides is 4. The molecule has 12 nitrogen and oxygen atoms in total. The van der Waals surface area contributed by atoms with Gasteiger partial charge in [0.1, 0.15) is 23.2 Å². The maximum Gasteiger partial charge on any atom is 0.408 e. The molecule has 3 fully saturated rings. The second kappa shape index (κ2) is 15.4. The van der Waals surface area contributed by atoms with Gasteiger partial charge in [-0.1, -0.05) is 79.6 Å². The van der Waals surface area contributed by atoms with E-state index in [-0.39, 0.29) is 25.4 Å². The number of sulfonamides is 1. The molecule has 1 unspecified atom stereocenters. The van der Waals surface area contributed by atoms with Crippen molar-refractivity contribution in [1.82, 2.24) is 25.2 Å². The lowest BCUT2D eigenvalue weighted by molar-refractivity contribution is -0.146. The van der Waals surface area contributed by atoms with Crippen LogP contribution in [0.4, 0.5) is 4.79 Å². The van der Waals surface area contributed by atoms with Gasteiger partial charge in [-0.05, 0) is 76.0 Å². The summed E-state index contributed by atoms with van der Waals surface area (Å²) in [7, 11) is -3.86. The van der Waals surface area contributed by atoms with Crippen LogP contribution in [0.25, 0.3) is 11.1 Å². The fraction of sp³-hybridized carbons (Fsp3) is 0.538. The van der Waals surface area contributed by atoms with Crippen molar-refractivity contribution in [1.29, 1.82) is 0 Å². The van der Waals surface area contributed by atoms with Crippen LogP contribution in [0.2, 0.25) is 0 Å². The maximum atomic E-state index is 14.4. The Kier molecular flexibility index (Phi) is 11.1. The molecule has 0 spiro atoms. The predicted molar refractivity (Wildman–Crippen MR) is 197 cm³/mol. The molecule has 0 bridgehead atoms. The van der Waals surface area contributed by atoms with Crippen LogP contribution >= 0.6 is 0 Å². The molecular formula is C39H51N5O7S. The normalized spacial score (nSPS) is 26.8. The lowest BCUT2D eigenvalue weighted by atomic mass is 10.0. The molecule has 0 aromatic heterocycles. The molecule has 280 valence electrons. The molecule has 0 radical (unpaired) electrons. The Bertz CT molecular complexity index is 1770. The molecule has 2 aliphatic heterocycles. The van der Waals surface area contributed by atoms with Gasteiger partial charge < -0.3 is 20.3 Å². The number of nitrogens with zero attached hydrogens (tertiary/aromatic N) is 2. The van der Waals surface area contributed by atoms with E-state index >= 15 is 0 Å². The first-order valence-electron chi connectivity index (χ1n) is 18.5. The molecule has 4 atom stereocenters. The molecule has 2 heterocycles. The maximum absolute atomic E-state index is 14.4. The number of nitrogens with one attached hydrogen (secondary N) is 3. The Morgan fingerprint density at radius 1 is 0.942 bits per heavy atom. The molecule has 2 aromatic carbocycles. The van der Waals surface area contributed by atoms with Gasteiger partial charge in [0.2, 0.25) is 21.8 Å². The van der Waals surface area contributed by atoms with Crippen LogP contribution < -0.4 is 15.4 Å². The summed E-state index contributed by atoms with van der Waals surface area (Å²) in [5.41, 5.74) is 1.02. The molecular weight excluding hydrogens is 683 g/mol. The van der Waals surface area contributed by atoms with Crippen LogP contribution in [0.5, 0.6) is 0 Å². The monoisotopic (exact) mass is 733 g/mol. The highest BCUT2D eigenvalue weighted by atomic mass is 32.2. The first-order valence-corrected chi connectivity index (χ1v) is 20.0. The minimum Gasteiger partial charge on any atom is -0.444 e. The van der Waals surface area contributed by atoms with E-state index in [4.69, 9.17) is 4.74 Å². The number of benzene rings is 2. The highest BCUT2D eigenvalue weighted by Gasteiger charge is 2.62. The van der Waals surface area contributed by atoms with E-state index in [1.165, 1.54) is 4.90 Å². The van der Waals surface area contributed by atoms with Crippen molar-refractivity contribution in [2.75, 3.05) is 19.6 Å². The van der Waals surface area contributed by atoms with Crippen molar-refractivity contribution < 1.29 is 32.3 Å². The molecule has 2 aromatic rings. The van der Waals surface area contributed by atoms with Crippen molar-refractivity contribution in [3.05, 3.63) is 72.3 Å². The summed E-state index contributed by atoms with van der Waals surface area (Å²) in [5, 5.41) is 5.11. The Hall–Kier alpha value is -4.23. The summed E-state index contributed by atoms with van der Waals surface area (Å²) in [5.74, 6) is -2.07. The molecule has 52 heavy (non-hydrogen) atoms. The standard InChI is InChI=1S/C39H51N5O7S/c1-38(2,3)51-37(48)40-32-15-11-6-4-5-10-14-30-24-39(30,36(47)42-52(49,50)31-20-21-31)41-34(45)33-26-43(22-23-44(33)35(32)46)25-27-16-18-29(19-17-27)28-12-8-7-9-13-28/h7-10,12-14,16-19,30-33H,4-6,11,15,20-26H2,1-3H3,(H,40,48)(H,41,45)(H,42,47)/b14-10+/t30?,32-,33-,39-/m0/s1. The van der Waals surface area contributed by atoms with E-state index in [9.17, 15) is 27.6 Å². The fourth-order valence-corrected chi connectivity index (χ4v) is 8.45. The first-order chi connectivity index (χ1) is 24.7. The Morgan fingerprint density at radius 3 is 2.35 bits per heavy atom. The highest BCUT2D eigenvalue weighted by Crippen LogP contribution is 2.46. The number of fused-ring (bicyclic) bond motifs is 2. The Labute approximate surface area is 306 Å². The molecule has 1 saturated heterocycles. The minimum absolute atomic E-state index is 0.176. The first kappa shape index (κ1) is 37.5. The number of carbonyl (C=O) groups excluding carboxylic acids is 4. The number of carbonyl (C=O) groups is 4. The van der Waals surface area contributed by atoms with Crippen molar-refractivity contribution in [2.24, 2.45) is 5.92 Å². The van der Waals surface area contributed by atoms with E-state index < -0.39 is 62.3 Å². The molecule has 3 N–H and O–H groups in total. The van der Waals surface area contributed by atoms with Crippen LogP contribution in [0.15, 0.2) is 66.7 Å². The molecule has 13 heteroatoms. The number of allylic oxidation sites excluding steroid dienone is 1. The van der Waals surface area contributed by atoms with Gasteiger partial charge in [0.15, 0.2) is 0 Å². The van der Waals surface area contributed by atoms with Crippen molar-refractivity contribution in [3.8, 4) is 11.1 Å². The largest absolute Gasteiger partial charge is 0.444 e. The van der Waals surface area contributed by atoms with E-state index in [1.54, 1.807) is 20.8 Å². The summed E-state index contributed by atoms with van der Waals surface area (Å²) in [6.07, 6.45) is 7.79. The zero-order chi connectivity index (χ0) is 37.1. The molecule has 2 saturated carbocycles. The highest BCUT2D eigenvalue weighted by molar-refractivity contribution is 7.91. The van der Waals surface area contributed by atoms with Gasteiger partial charge in [0, 0.05) is 32.1 Å². The number of ether oxygens (including phenoxy) is 1. The molecule has 4 aliphatic rings. The Morgan fingerprint density at radius 2 is 1.65 bits per heavy atom. The van der Waals surface area contributed by atoms with E-state index in [2.05, 4.69) is 56.7 Å². The average molecular weight is 734 g/mol. The summed E-state index contributed by atoms with van der Waals surface area (Å²) < 4.78 is 33.4. The van der Waals surface area contributed by atoms with Gasteiger partial charge in [-0.2, -0.15) is 0 Å². The third kappa shape index (κ3) is 9.22. The van der Waals surface area contributed by atoms with Gasteiger partial charge in [0.25, 0.3) is 5.91 Å². The quantitative estimate of drug-likeness (QED) is 0.357. The summed E-state index contributed by atoms with van der Waals surface area (Å²) in [6, 6.07) is 16.4. The third-order valence-corrected chi connectivity index (χ3v) is 12.0. The van der Waals surface area contributed by atoms with Gasteiger partial charge in [-0.25, -0.2) is 13.2 Å². The zero-order valence-electron chi connectivity index (χ0n) is 30.3. The fourth-order valence-electron chi connectivity index (χ4n) is 7.08. The number of piperazine rings is 1. The van der Waals surface area contributed by atoms with Crippen LogP contribution in [0.1, 0.15) is 77.7 Å². The van der Waals surface area contributed by atoms with Gasteiger partial charge in [0.05, 0.1) is 5.25 Å². The molecule has 6 rings (SSSR count). The number of hydrogen-bond acceptors (Lipinski definition) is 8. The van der Waals surface area contributed by atoms with E-state index in [0.29, 0.717) is 38.8 Å².